The summed E-state index contributed by atoms with van der Waals surface area (Å²) in [5.41, 5.74) is 0.767. The molecule has 2 aliphatic heterocycles. The Bertz CT molecular complexity index is 893. The van der Waals surface area contributed by atoms with Gasteiger partial charge in [-0.3, -0.25) is 9.89 Å². The van der Waals surface area contributed by atoms with Crippen LogP contribution in [0.15, 0.2) is 34.2 Å². The van der Waals surface area contributed by atoms with Crippen LogP contribution in [0.1, 0.15) is 31.7 Å². The Morgan fingerprint density at radius 2 is 1.87 bits per heavy atom. The average Bonchev–Trinajstić information content (AvgIpc) is 3.54. The molecule has 2 N–H and O–H groups in total. The number of piperazine rings is 1. The van der Waals surface area contributed by atoms with Gasteiger partial charge in [0.05, 0.1) is 4.90 Å². The Labute approximate surface area is 186 Å². The van der Waals surface area contributed by atoms with Crippen LogP contribution < -0.4 is 10.6 Å². The average molecular weight is 449 g/mol. The molecule has 0 bridgehead atoms. The molecule has 0 spiro atoms. The topological polar surface area (TPSA) is 80.3 Å². The maximum absolute atomic E-state index is 13.3. The molecule has 4 rings (SSSR count). The lowest BCUT2D eigenvalue weighted by atomic mass is 10.2. The van der Waals surface area contributed by atoms with Crippen LogP contribution in [0, 0.1) is 0 Å². The van der Waals surface area contributed by atoms with Crippen LogP contribution in [0.3, 0.4) is 0 Å². The number of aliphatic imine (C=N–C) groups is 1. The molecule has 2 heterocycles. The number of rotatable bonds is 6. The zero-order valence-electron chi connectivity index (χ0n) is 18.9. The van der Waals surface area contributed by atoms with Crippen molar-refractivity contribution in [2.45, 2.75) is 55.8 Å². The highest BCUT2D eigenvalue weighted by molar-refractivity contribution is 7.89. The molecular formula is C22H36N6O2S. The van der Waals surface area contributed by atoms with Gasteiger partial charge in [0.2, 0.25) is 10.0 Å². The predicted octanol–water partition coefficient (Wildman–Crippen LogP) is 0.913. The predicted molar refractivity (Wildman–Crippen MR) is 124 cm³/mol. The van der Waals surface area contributed by atoms with Gasteiger partial charge in [0.15, 0.2) is 5.96 Å². The molecule has 1 saturated carbocycles. The minimum Gasteiger partial charge on any atom is -0.352 e. The number of sulfonamides is 1. The maximum atomic E-state index is 13.3. The van der Waals surface area contributed by atoms with Crippen molar-refractivity contribution in [3.8, 4) is 0 Å². The van der Waals surface area contributed by atoms with E-state index in [0.29, 0.717) is 36.6 Å². The number of likely N-dealkylation sites (N-methyl/N-ethyl adjacent to an activating group) is 1. The van der Waals surface area contributed by atoms with E-state index in [0.717, 1.165) is 43.6 Å². The first kappa shape index (κ1) is 22.5. The van der Waals surface area contributed by atoms with E-state index in [1.54, 1.807) is 23.5 Å². The fourth-order valence-electron chi connectivity index (χ4n) is 4.71. The van der Waals surface area contributed by atoms with Gasteiger partial charge in [-0.05, 0) is 44.9 Å². The summed E-state index contributed by atoms with van der Waals surface area (Å²) >= 11 is 0. The normalized spacial score (nSPS) is 26.9. The molecule has 172 valence electrons. The van der Waals surface area contributed by atoms with Gasteiger partial charge in [0.1, 0.15) is 0 Å². The molecule has 0 radical (unpaired) electrons. The van der Waals surface area contributed by atoms with Gasteiger partial charge in [-0.2, -0.15) is 4.31 Å². The Morgan fingerprint density at radius 3 is 2.55 bits per heavy atom. The first-order valence-corrected chi connectivity index (χ1v) is 12.8. The van der Waals surface area contributed by atoms with Crippen molar-refractivity contribution in [2.24, 2.45) is 4.99 Å². The van der Waals surface area contributed by atoms with Crippen LogP contribution in [0.2, 0.25) is 0 Å². The van der Waals surface area contributed by atoms with Crippen LogP contribution >= 0.6 is 0 Å². The molecule has 2 atom stereocenters. The number of guanidine groups is 1. The molecule has 2 unspecified atom stereocenters. The number of nitrogens with one attached hydrogen (secondary N) is 2. The molecule has 3 aliphatic rings. The Kier molecular flexibility index (Phi) is 6.86. The van der Waals surface area contributed by atoms with Crippen LogP contribution in [0.5, 0.6) is 0 Å². The van der Waals surface area contributed by atoms with Gasteiger partial charge >= 0.3 is 0 Å². The molecular weight excluding hydrogens is 412 g/mol. The number of nitrogens with zero attached hydrogens (tertiary/aromatic N) is 4. The van der Waals surface area contributed by atoms with Crippen LogP contribution in [0.4, 0.5) is 0 Å². The summed E-state index contributed by atoms with van der Waals surface area (Å²) in [6.45, 7) is 6.33. The molecule has 3 fully saturated rings. The second-order valence-corrected chi connectivity index (χ2v) is 11.0. The van der Waals surface area contributed by atoms with E-state index in [1.807, 2.05) is 19.2 Å². The lowest BCUT2D eigenvalue weighted by Gasteiger charge is -2.32. The highest BCUT2D eigenvalue weighted by atomic mass is 32.2. The zero-order valence-corrected chi connectivity index (χ0v) is 19.7. The van der Waals surface area contributed by atoms with E-state index < -0.39 is 10.0 Å². The highest BCUT2D eigenvalue weighted by Crippen LogP contribution is 2.33. The van der Waals surface area contributed by atoms with Crippen LogP contribution in [0.25, 0.3) is 0 Å². The van der Waals surface area contributed by atoms with Crippen LogP contribution in [-0.2, 0) is 16.6 Å². The Morgan fingerprint density at radius 1 is 1.16 bits per heavy atom. The summed E-state index contributed by atoms with van der Waals surface area (Å²) in [7, 11) is 0.276. The first-order chi connectivity index (χ1) is 14.9. The summed E-state index contributed by atoms with van der Waals surface area (Å²) in [5, 5.41) is 6.88. The third-order valence-electron chi connectivity index (χ3n) is 6.70. The second-order valence-electron chi connectivity index (χ2n) is 9.09. The molecule has 1 aromatic rings. The van der Waals surface area contributed by atoms with E-state index in [9.17, 15) is 8.42 Å². The van der Waals surface area contributed by atoms with Gasteiger partial charge < -0.3 is 15.5 Å². The first-order valence-electron chi connectivity index (χ1n) is 11.4. The van der Waals surface area contributed by atoms with Crippen molar-refractivity contribution in [2.75, 3.05) is 46.8 Å². The van der Waals surface area contributed by atoms with Gasteiger partial charge in [-0.1, -0.05) is 18.2 Å². The van der Waals surface area contributed by atoms with Gasteiger partial charge in [0, 0.05) is 64.4 Å². The summed E-state index contributed by atoms with van der Waals surface area (Å²) in [6.07, 6.45) is 3.75. The third kappa shape index (κ3) is 5.22. The van der Waals surface area contributed by atoms with Crippen molar-refractivity contribution in [1.82, 2.24) is 24.7 Å². The third-order valence-corrected chi connectivity index (χ3v) is 8.70. The summed E-state index contributed by atoms with van der Waals surface area (Å²) in [6, 6.07) is 9.02. The van der Waals surface area contributed by atoms with Crippen LogP contribution in [-0.4, -0.2) is 93.4 Å². The Hall–Kier alpha value is -1.68. The van der Waals surface area contributed by atoms with Gasteiger partial charge in [-0.15, -0.1) is 0 Å². The van der Waals surface area contributed by atoms with Crippen molar-refractivity contribution in [3.63, 3.8) is 0 Å². The van der Waals surface area contributed by atoms with E-state index in [1.165, 1.54) is 12.8 Å². The van der Waals surface area contributed by atoms with Crippen molar-refractivity contribution in [1.29, 1.82) is 0 Å². The molecule has 0 amide bonds. The Balaban J connectivity index is 1.39. The standard InChI is InChI=1S/C22H36N6O2S/c1-17-14-19(16-28(17)20-8-9-20)25-22(23-2)24-15-18-6-4-5-7-21(18)31(29,30)27-12-10-26(3)11-13-27/h4-7,17,19-20H,8-16H2,1-3H3,(H2,23,24,25). The van der Waals surface area contributed by atoms with E-state index in [-0.39, 0.29) is 0 Å². The molecule has 8 nitrogen and oxygen atoms in total. The molecule has 9 heteroatoms. The van der Waals surface area contributed by atoms with Gasteiger partial charge in [0.25, 0.3) is 0 Å². The minimum atomic E-state index is -3.51. The SMILES string of the molecule is CN=C(NCc1ccccc1S(=O)(=O)N1CCN(C)CC1)NC1CC(C)N(C2CC2)C1. The molecule has 1 aromatic carbocycles. The fourth-order valence-corrected chi connectivity index (χ4v) is 6.36. The molecule has 2 saturated heterocycles. The zero-order chi connectivity index (χ0) is 22.0. The van der Waals surface area contributed by atoms with E-state index in [4.69, 9.17) is 0 Å². The smallest absolute Gasteiger partial charge is 0.243 e. The van der Waals surface area contributed by atoms with Crippen molar-refractivity contribution < 1.29 is 8.42 Å². The lowest BCUT2D eigenvalue weighted by molar-refractivity contribution is 0.222. The second kappa shape index (κ2) is 9.44. The minimum absolute atomic E-state index is 0.367. The molecule has 1 aliphatic carbocycles. The summed E-state index contributed by atoms with van der Waals surface area (Å²) in [5.74, 6) is 0.724. The van der Waals surface area contributed by atoms with Crippen molar-refractivity contribution in [3.05, 3.63) is 29.8 Å². The number of likely N-dealkylation sites (tertiary alicyclic amines) is 1. The maximum Gasteiger partial charge on any atom is 0.243 e. The largest absolute Gasteiger partial charge is 0.352 e. The lowest BCUT2D eigenvalue weighted by Crippen LogP contribution is -2.47. The van der Waals surface area contributed by atoms with Crippen molar-refractivity contribution >= 4 is 16.0 Å². The monoisotopic (exact) mass is 448 g/mol. The molecule has 31 heavy (non-hydrogen) atoms. The summed E-state index contributed by atoms with van der Waals surface area (Å²) in [4.78, 5) is 9.52. The highest BCUT2D eigenvalue weighted by Gasteiger charge is 2.39. The van der Waals surface area contributed by atoms with Gasteiger partial charge in [-0.25, -0.2) is 8.42 Å². The number of hydrogen-bond donors (Lipinski definition) is 2. The number of benzene rings is 1. The molecule has 0 aromatic heterocycles. The number of hydrogen-bond acceptors (Lipinski definition) is 5. The summed E-state index contributed by atoms with van der Waals surface area (Å²) < 4.78 is 28.2. The quantitative estimate of drug-likeness (QED) is 0.498. The fraction of sp³-hybridized carbons (Fsp3) is 0.682. The van der Waals surface area contributed by atoms with E-state index in [2.05, 4.69) is 32.3 Å². The van der Waals surface area contributed by atoms with E-state index >= 15 is 0 Å².